The highest BCUT2D eigenvalue weighted by atomic mass is 15.1. The summed E-state index contributed by atoms with van der Waals surface area (Å²) in [6.07, 6.45) is 12.1. The molecule has 202 valence electrons. The molecule has 0 saturated carbocycles. The number of rotatable bonds is 7. The summed E-state index contributed by atoms with van der Waals surface area (Å²) >= 11 is 0. The predicted octanol–water partition coefficient (Wildman–Crippen LogP) is 9.01. The second kappa shape index (κ2) is 13.6. The number of nitrogens with one attached hydrogen (secondary N) is 1. The van der Waals surface area contributed by atoms with E-state index in [1.165, 1.54) is 72.9 Å². The largest absolute Gasteiger partial charge is 0.317 e. The maximum Gasteiger partial charge on any atom is 0.0462 e. The van der Waals surface area contributed by atoms with Gasteiger partial charge in [-0.25, -0.2) is 0 Å². The smallest absolute Gasteiger partial charge is 0.0462 e. The quantitative estimate of drug-likeness (QED) is 0.377. The molecule has 38 heavy (non-hydrogen) atoms. The Morgan fingerprint density at radius 1 is 1.00 bits per heavy atom. The van der Waals surface area contributed by atoms with E-state index in [4.69, 9.17) is 5.41 Å². The summed E-state index contributed by atoms with van der Waals surface area (Å²) in [5.41, 5.74) is 11.6. The summed E-state index contributed by atoms with van der Waals surface area (Å²) in [5.74, 6) is 0.391. The monoisotopic (exact) mass is 509 g/mol. The van der Waals surface area contributed by atoms with E-state index in [2.05, 4.69) is 107 Å². The second-order valence-electron chi connectivity index (χ2n) is 11.0. The Morgan fingerprint density at radius 2 is 1.71 bits per heavy atom. The Labute approximate surface area is 231 Å². The number of aryl methyl sites for hydroxylation is 3. The molecular formula is C35H47N3. The van der Waals surface area contributed by atoms with Crippen LogP contribution in [0.15, 0.2) is 78.2 Å². The molecule has 2 aliphatic heterocycles. The molecule has 3 nitrogen and oxygen atoms in total. The number of likely N-dealkylation sites (tertiary alicyclic amines) is 1. The minimum Gasteiger partial charge on any atom is -0.317 e. The molecule has 2 aliphatic rings. The molecule has 1 saturated heterocycles. The van der Waals surface area contributed by atoms with Crippen molar-refractivity contribution in [3.8, 4) is 0 Å². The minimum atomic E-state index is 0.391. The molecule has 2 aromatic carbocycles. The van der Waals surface area contributed by atoms with Crippen molar-refractivity contribution in [1.29, 1.82) is 5.41 Å². The van der Waals surface area contributed by atoms with E-state index in [1.807, 2.05) is 13.0 Å². The molecule has 1 N–H and O–H groups in total. The Kier molecular flexibility index (Phi) is 10.5. The third-order valence-corrected chi connectivity index (χ3v) is 7.55. The molecule has 0 amide bonds. The van der Waals surface area contributed by atoms with Gasteiger partial charge < -0.3 is 15.2 Å². The van der Waals surface area contributed by atoms with Crippen LogP contribution in [0, 0.1) is 32.1 Å². The van der Waals surface area contributed by atoms with Crippen molar-refractivity contribution in [2.75, 3.05) is 24.5 Å². The SMILES string of the molecule is C=C1C(/C=C(/c2ccc(C)cc2C)C(C)C)=C(C)C=CN1c1ccc(C)c(C=N)c1.CCCN1CCCC1. The van der Waals surface area contributed by atoms with Crippen molar-refractivity contribution in [3.63, 3.8) is 0 Å². The van der Waals surface area contributed by atoms with Gasteiger partial charge >= 0.3 is 0 Å². The Bertz CT molecular complexity index is 1240. The molecule has 0 spiro atoms. The van der Waals surface area contributed by atoms with Gasteiger partial charge in [0.2, 0.25) is 0 Å². The number of hydrogen-bond donors (Lipinski definition) is 1. The summed E-state index contributed by atoms with van der Waals surface area (Å²) in [6, 6.07) is 12.9. The van der Waals surface area contributed by atoms with Crippen LogP contribution in [0.4, 0.5) is 5.69 Å². The average molecular weight is 510 g/mol. The van der Waals surface area contributed by atoms with Gasteiger partial charge in [-0.3, -0.25) is 0 Å². The fourth-order valence-electron chi connectivity index (χ4n) is 5.27. The molecule has 2 heterocycles. The molecule has 0 aromatic heterocycles. The summed E-state index contributed by atoms with van der Waals surface area (Å²) in [7, 11) is 0. The van der Waals surface area contributed by atoms with Crippen LogP contribution in [0.1, 0.15) is 74.8 Å². The van der Waals surface area contributed by atoms with E-state index in [0.29, 0.717) is 5.92 Å². The van der Waals surface area contributed by atoms with Gasteiger partial charge in [0.25, 0.3) is 0 Å². The minimum absolute atomic E-state index is 0.391. The third-order valence-electron chi connectivity index (χ3n) is 7.55. The van der Waals surface area contributed by atoms with E-state index in [-0.39, 0.29) is 0 Å². The van der Waals surface area contributed by atoms with E-state index in [0.717, 1.165) is 28.1 Å². The van der Waals surface area contributed by atoms with E-state index < -0.39 is 0 Å². The first-order valence-corrected chi connectivity index (χ1v) is 14.2. The summed E-state index contributed by atoms with van der Waals surface area (Å²) in [4.78, 5) is 4.66. The normalized spacial score (nSPS) is 16.3. The van der Waals surface area contributed by atoms with Gasteiger partial charge in [0.15, 0.2) is 0 Å². The second-order valence-corrected chi connectivity index (χ2v) is 11.0. The van der Waals surface area contributed by atoms with Gasteiger partial charge in [-0.05, 0) is 130 Å². The van der Waals surface area contributed by atoms with Gasteiger partial charge in [0, 0.05) is 29.4 Å². The lowest BCUT2D eigenvalue weighted by atomic mass is 9.88. The highest BCUT2D eigenvalue weighted by molar-refractivity contribution is 5.83. The van der Waals surface area contributed by atoms with Crippen LogP contribution < -0.4 is 4.90 Å². The van der Waals surface area contributed by atoms with Gasteiger partial charge in [0.1, 0.15) is 0 Å². The van der Waals surface area contributed by atoms with Gasteiger partial charge in [0.05, 0.1) is 0 Å². The van der Waals surface area contributed by atoms with Crippen molar-refractivity contribution in [2.24, 2.45) is 5.92 Å². The van der Waals surface area contributed by atoms with Gasteiger partial charge in [-0.1, -0.05) is 57.2 Å². The molecule has 0 aliphatic carbocycles. The Hall–Kier alpha value is -3.17. The highest BCUT2D eigenvalue weighted by Crippen LogP contribution is 2.35. The number of nitrogens with zero attached hydrogens (tertiary/aromatic N) is 2. The zero-order valence-corrected chi connectivity index (χ0v) is 24.7. The molecule has 0 radical (unpaired) electrons. The average Bonchev–Trinajstić information content (AvgIpc) is 3.39. The standard InChI is InChI=1S/C28H32N2.C7H15N/c1-18(2)27(26-11-8-19(3)14-22(26)6)16-28-21(5)12-13-30(23(28)7)25-10-9-20(4)24(15-25)17-29;1-2-5-8-6-3-4-7-8/h8-18,29H,7H2,1-6H3;2-7H2,1H3/b27-16+,29-17?;. The van der Waals surface area contributed by atoms with Gasteiger partial charge in [-0.2, -0.15) is 0 Å². The van der Waals surface area contributed by atoms with Crippen LogP contribution in [0.5, 0.6) is 0 Å². The van der Waals surface area contributed by atoms with Crippen molar-refractivity contribution in [2.45, 2.75) is 67.7 Å². The predicted molar refractivity (Wildman–Crippen MR) is 167 cm³/mol. The van der Waals surface area contributed by atoms with Crippen LogP contribution in [0.3, 0.4) is 0 Å². The fraction of sp³-hybridized carbons (Fsp3) is 0.400. The Morgan fingerprint density at radius 3 is 2.32 bits per heavy atom. The molecule has 2 aromatic rings. The lowest BCUT2D eigenvalue weighted by Gasteiger charge is -2.29. The molecule has 4 rings (SSSR count). The number of allylic oxidation sites excluding steroid dienone is 4. The van der Waals surface area contributed by atoms with E-state index in [1.54, 1.807) is 0 Å². The highest BCUT2D eigenvalue weighted by Gasteiger charge is 2.19. The summed E-state index contributed by atoms with van der Waals surface area (Å²) in [5, 5.41) is 7.68. The molecule has 3 heteroatoms. The lowest BCUT2D eigenvalue weighted by molar-refractivity contribution is 0.339. The van der Waals surface area contributed by atoms with Crippen LogP contribution in [0.2, 0.25) is 0 Å². The first-order valence-electron chi connectivity index (χ1n) is 14.2. The maximum absolute atomic E-state index is 7.68. The first-order chi connectivity index (χ1) is 18.2. The van der Waals surface area contributed by atoms with Crippen LogP contribution in [0.25, 0.3) is 5.57 Å². The molecule has 1 fully saturated rings. The van der Waals surface area contributed by atoms with Crippen LogP contribution in [-0.2, 0) is 0 Å². The first kappa shape index (κ1) is 29.4. The fourth-order valence-corrected chi connectivity index (χ4v) is 5.27. The zero-order chi connectivity index (χ0) is 27.8. The Balaban J connectivity index is 0.000000427. The van der Waals surface area contributed by atoms with Crippen LogP contribution >= 0.6 is 0 Å². The van der Waals surface area contributed by atoms with E-state index >= 15 is 0 Å². The molecule has 0 atom stereocenters. The number of anilines is 1. The van der Waals surface area contributed by atoms with Crippen molar-refractivity contribution < 1.29 is 0 Å². The van der Waals surface area contributed by atoms with Crippen molar-refractivity contribution >= 4 is 17.5 Å². The zero-order valence-electron chi connectivity index (χ0n) is 24.7. The van der Waals surface area contributed by atoms with Crippen molar-refractivity contribution in [1.82, 2.24) is 4.90 Å². The summed E-state index contributed by atoms with van der Waals surface area (Å²) < 4.78 is 0. The molecule has 0 unspecified atom stereocenters. The molecular weight excluding hydrogens is 462 g/mol. The maximum atomic E-state index is 7.68. The molecule has 0 bridgehead atoms. The number of benzene rings is 2. The lowest BCUT2D eigenvalue weighted by Crippen LogP contribution is -2.19. The topological polar surface area (TPSA) is 30.3 Å². The number of hydrogen-bond acceptors (Lipinski definition) is 3. The van der Waals surface area contributed by atoms with Crippen LogP contribution in [-0.4, -0.2) is 30.7 Å². The van der Waals surface area contributed by atoms with Gasteiger partial charge in [-0.15, -0.1) is 0 Å². The van der Waals surface area contributed by atoms with Crippen molar-refractivity contribution in [3.05, 3.63) is 106 Å². The summed E-state index contributed by atoms with van der Waals surface area (Å²) in [6.45, 7) is 23.7. The van der Waals surface area contributed by atoms with E-state index in [9.17, 15) is 0 Å². The third kappa shape index (κ3) is 7.23.